The summed E-state index contributed by atoms with van der Waals surface area (Å²) < 4.78 is 0. The summed E-state index contributed by atoms with van der Waals surface area (Å²) in [5, 5.41) is 14.0. The Morgan fingerprint density at radius 3 is 2.56 bits per heavy atom. The van der Waals surface area contributed by atoms with Crippen LogP contribution >= 0.6 is 11.3 Å². The largest absolute Gasteiger partial charge is 0.315 e. The van der Waals surface area contributed by atoms with E-state index in [0.29, 0.717) is 5.92 Å². The van der Waals surface area contributed by atoms with Gasteiger partial charge in [-0.25, -0.2) is 0 Å². The summed E-state index contributed by atoms with van der Waals surface area (Å²) in [6, 6.07) is 8.44. The molecule has 0 amide bonds. The lowest BCUT2D eigenvalue weighted by Gasteiger charge is -2.23. The van der Waals surface area contributed by atoms with Crippen LogP contribution in [0.4, 0.5) is 0 Å². The van der Waals surface area contributed by atoms with Gasteiger partial charge in [-0.15, -0.1) is 10.2 Å². The number of rotatable bonds is 2. The summed E-state index contributed by atoms with van der Waals surface area (Å²) in [4.78, 5) is 0. The van der Waals surface area contributed by atoms with Crippen LogP contribution in [0.1, 0.15) is 16.5 Å². The molecule has 1 aromatic heterocycles. The maximum atomic E-state index is 4.27. The molecule has 3 rings (SSSR count). The summed E-state index contributed by atoms with van der Waals surface area (Å²) >= 11 is 1.71. The Hall–Kier alpha value is -1.26. The normalized spacial score (nSPS) is 16.1. The smallest absolute Gasteiger partial charge is 0.147 e. The highest BCUT2D eigenvalue weighted by Gasteiger charge is 2.23. The molecule has 1 N–H and O–H groups in total. The minimum absolute atomic E-state index is 0.580. The molecular formula is C12H13N3S. The molecule has 1 aliphatic heterocycles. The van der Waals surface area contributed by atoms with E-state index < -0.39 is 0 Å². The first-order valence-corrected chi connectivity index (χ1v) is 6.26. The molecule has 3 nitrogen and oxygen atoms in total. The summed E-state index contributed by atoms with van der Waals surface area (Å²) in [6.07, 6.45) is 0. The molecule has 2 aromatic rings. The lowest BCUT2D eigenvalue weighted by atomic mass is 10.1. The highest BCUT2D eigenvalue weighted by Crippen LogP contribution is 2.29. The zero-order chi connectivity index (χ0) is 11.0. The van der Waals surface area contributed by atoms with Crippen molar-refractivity contribution in [3.8, 4) is 10.6 Å². The third-order valence-electron chi connectivity index (χ3n) is 2.87. The average molecular weight is 231 g/mol. The van der Waals surface area contributed by atoms with Crippen LogP contribution in [0.5, 0.6) is 0 Å². The summed E-state index contributed by atoms with van der Waals surface area (Å²) in [5.74, 6) is 0.580. The molecule has 1 aliphatic rings. The molecular weight excluding hydrogens is 218 g/mol. The Bertz CT molecular complexity index is 485. The van der Waals surface area contributed by atoms with Gasteiger partial charge in [0.25, 0.3) is 0 Å². The predicted molar refractivity (Wildman–Crippen MR) is 65.7 cm³/mol. The minimum Gasteiger partial charge on any atom is -0.315 e. The molecule has 0 spiro atoms. The number of nitrogens with one attached hydrogen (secondary N) is 1. The Kier molecular flexibility index (Phi) is 2.46. The van der Waals surface area contributed by atoms with Crippen molar-refractivity contribution in [1.29, 1.82) is 0 Å². The maximum Gasteiger partial charge on any atom is 0.147 e. The van der Waals surface area contributed by atoms with Crippen molar-refractivity contribution in [2.24, 2.45) is 0 Å². The maximum absolute atomic E-state index is 4.27. The van der Waals surface area contributed by atoms with E-state index in [-0.39, 0.29) is 0 Å². The highest BCUT2D eigenvalue weighted by molar-refractivity contribution is 7.14. The van der Waals surface area contributed by atoms with E-state index in [1.54, 1.807) is 11.3 Å². The molecule has 0 aliphatic carbocycles. The third-order valence-corrected chi connectivity index (χ3v) is 4.00. The number of hydrogen-bond donors (Lipinski definition) is 1. The topological polar surface area (TPSA) is 37.8 Å². The monoisotopic (exact) mass is 231 g/mol. The quantitative estimate of drug-likeness (QED) is 0.861. The van der Waals surface area contributed by atoms with Gasteiger partial charge in [0.2, 0.25) is 0 Å². The number of benzene rings is 1. The van der Waals surface area contributed by atoms with Crippen LogP contribution < -0.4 is 5.32 Å². The zero-order valence-electron chi connectivity index (χ0n) is 9.10. The molecule has 1 aromatic carbocycles. The molecule has 1 fully saturated rings. The van der Waals surface area contributed by atoms with Crippen molar-refractivity contribution in [2.45, 2.75) is 12.8 Å². The van der Waals surface area contributed by atoms with E-state index >= 15 is 0 Å². The van der Waals surface area contributed by atoms with Crippen LogP contribution in [0, 0.1) is 6.92 Å². The number of nitrogens with zero attached hydrogens (tertiary/aromatic N) is 2. The van der Waals surface area contributed by atoms with E-state index in [1.807, 2.05) is 0 Å². The molecule has 2 heterocycles. The number of hydrogen-bond acceptors (Lipinski definition) is 4. The predicted octanol–water partition coefficient (Wildman–Crippen LogP) is 2.20. The van der Waals surface area contributed by atoms with Gasteiger partial charge in [0.05, 0.1) is 0 Å². The van der Waals surface area contributed by atoms with Gasteiger partial charge in [-0.05, 0) is 6.92 Å². The van der Waals surface area contributed by atoms with Gasteiger partial charge < -0.3 is 5.32 Å². The lowest BCUT2D eigenvalue weighted by Crippen LogP contribution is -2.39. The van der Waals surface area contributed by atoms with E-state index in [0.717, 1.165) is 23.1 Å². The molecule has 0 unspecified atom stereocenters. The van der Waals surface area contributed by atoms with Crippen molar-refractivity contribution in [3.05, 3.63) is 34.8 Å². The van der Waals surface area contributed by atoms with Crippen LogP contribution in [0.25, 0.3) is 10.6 Å². The number of aromatic nitrogens is 2. The fraction of sp³-hybridized carbons (Fsp3) is 0.333. The minimum atomic E-state index is 0.580. The molecule has 16 heavy (non-hydrogen) atoms. The van der Waals surface area contributed by atoms with Crippen molar-refractivity contribution in [2.75, 3.05) is 13.1 Å². The van der Waals surface area contributed by atoms with Crippen molar-refractivity contribution in [1.82, 2.24) is 15.5 Å². The van der Waals surface area contributed by atoms with E-state index in [4.69, 9.17) is 0 Å². The fourth-order valence-electron chi connectivity index (χ4n) is 1.68. The highest BCUT2D eigenvalue weighted by atomic mass is 32.1. The van der Waals surface area contributed by atoms with Gasteiger partial charge >= 0.3 is 0 Å². The first-order valence-electron chi connectivity index (χ1n) is 5.44. The van der Waals surface area contributed by atoms with Crippen LogP contribution in [0.15, 0.2) is 24.3 Å². The van der Waals surface area contributed by atoms with Gasteiger partial charge in [-0.1, -0.05) is 41.2 Å². The Morgan fingerprint density at radius 2 is 1.94 bits per heavy atom. The van der Waals surface area contributed by atoms with Crippen LogP contribution in [-0.2, 0) is 0 Å². The first kappa shape index (κ1) is 9.93. The molecule has 4 heteroatoms. The molecule has 0 bridgehead atoms. The van der Waals surface area contributed by atoms with Crippen molar-refractivity contribution in [3.63, 3.8) is 0 Å². The SMILES string of the molecule is Cc1ccc(-c2nnc(C3CNC3)s2)cc1. The number of aryl methyl sites for hydroxylation is 1. The molecule has 1 saturated heterocycles. The third kappa shape index (κ3) is 1.74. The Balaban J connectivity index is 1.88. The molecule has 82 valence electrons. The van der Waals surface area contributed by atoms with Crippen LogP contribution in [0.3, 0.4) is 0 Å². The van der Waals surface area contributed by atoms with E-state index in [2.05, 4.69) is 46.7 Å². The lowest BCUT2D eigenvalue weighted by molar-refractivity contribution is 0.444. The van der Waals surface area contributed by atoms with E-state index in [9.17, 15) is 0 Å². The Labute approximate surface area is 98.5 Å². The van der Waals surface area contributed by atoms with Gasteiger partial charge in [0.15, 0.2) is 0 Å². The molecule has 0 atom stereocenters. The summed E-state index contributed by atoms with van der Waals surface area (Å²) in [5.41, 5.74) is 2.44. The van der Waals surface area contributed by atoms with Gasteiger partial charge in [-0.3, -0.25) is 0 Å². The van der Waals surface area contributed by atoms with Gasteiger partial charge in [0.1, 0.15) is 10.0 Å². The second-order valence-electron chi connectivity index (χ2n) is 4.17. The zero-order valence-corrected chi connectivity index (χ0v) is 9.92. The molecule has 0 saturated carbocycles. The standard InChI is InChI=1S/C12H13N3S/c1-8-2-4-9(5-3-8)11-14-15-12(16-11)10-6-13-7-10/h2-5,10,13H,6-7H2,1H3. The fourth-order valence-corrected chi connectivity index (χ4v) is 2.62. The van der Waals surface area contributed by atoms with Crippen molar-refractivity contribution < 1.29 is 0 Å². The Morgan fingerprint density at radius 1 is 1.19 bits per heavy atom. The summed E-state index contributed by atoms with van der Waals surface area (Å²) in [7, 11) is 0. The average Bonchev–Trinajstić information content (AvgIpc) is 2.65. The van der Waals surface area contributed by atoms with E-state index in [1.165, 1.54) is 11.1 Å². The second-order valence-corrected chi connectivity index (χ2v) is 5.18. The van der Waals surface area contributed by atoms with Crippen LogP contribution in [-0.4, -0.2) is 23.3 Å². The van der Waals surface area contributed by atoms with Gasteiger partial charge in [0, 0.05) is 24.6 Å². The summed E-state index contributed by atoms with van der Waals surface area (Å²) in [6.45, 7) is 4.18. The molecule has 0 radical (unpaired) electrons. The first-order chi connectivity index (χ1) is 7.83. The van der Waals surface area contributed by atoms with Gasteiger partial charge in [-0.2, -0.15) is 0 Å². The van der Waals surface area contributed by atoms with Crippen LogP contribution in [0.2, 0.25) is 0 Å². The van der Waals surface area contributed by atoms with Crippen molar-refractivity contribution >= 4 is 11.3 Å². The second kappa shape index (κ2) is 3.96.